The number of nitro groups is 1. The van der Waals surface area contributed by atoms with Gasteiger partial charge in [-0.3, -0.25) is 14.9 Å². The van der Waals surface area contributed by atoms with E-state index >= 15 is 0 Å². The van der Waals surface area contributed by atoms with E-state index in [1.165, 1.54) is 19.1 Å². The van der Waals surface area contributed by atoms with Crippen LogP contribution >= 0.6 is 11.6 Å². The topological polar surface area (TPSA) is 118 Å². The Labute approximate surface area is 137 Å². The number of sulfonamides is 1. The molecular weight excluding hydrogens is 348 g/mol. The minimum Gasteiger partial charge on any atom is -0.480 e. The highest BCUT2D eigenvalue weighted by Gasteiger charge is 2.39. The van der Waals surface area contributed by atoms with Gasteiger partial charge in [-0.2, -0.15) is 4.31 Å². The van der Waals surface area contributed by atoms with Crippen LogP contribution in [0.2, 0.25) is 5.02 Å². The van der Waals surface area contributed by atoms with Gasteiger partial charge in [0.05, 0.1) is 4.92 Å². The average Bonchev–Trinajstić information content (AvgIpc) is 2.48. The molecule has 1 unspecified atom stereocenters. The Kier molecular flexibility index (Phi) is 4.92. The lowest BCUT2D eigenvalue weighted by molar-refractivity contribution is -0.385. The van der Waals surface area contributed by atoms with Gasteiger partial charge in [0, 0.05) is 12.6 Å². The van der Waals surface area contributed by atoms with Crippen molar-refractivity contribution in [2.45, 2.75) is 37.1 Å². The van der Waals surface area contributed by atoms with Crippen molar-refractivity contribution in [2.75, 3.05) is 6.54 Å². The Hall–Kier alpha value is -1.71. The number of carboxylic acids is 1. The minimum absolute atomic E-state index is 0.0391. The van der Waals surface area contributed by atoms with E-state index in [-0.39, 0.29) is 13.0 Å². The van der Waals surface area contributed by atoms with Crippen LogP contribution in [0.4, 0.5) is 5.69 Å². The number of aliphatic carboxylic acids is 1. The molecule has 1 saturated heterocycles. The maximum Gasteiger partial charge on any atom is 0.322 e. The Morgan fingerprint density at radius 1 is 1.43 bits per heavy atom. The SMILES string of the molecule is Cc1cc([N+](=O)[O-])c(Cl)c(S(=O)(=O)N2CCCCC2C(=O)O)c1. The van der Waals surface area contributed by atoms with Crippen molar-refractivity contribution in [3.8, 4) is 0 Å². The van der Waals surface area contributed by atoms with Gasteiger partial charge >= 0.3 is 5.97 Å². The highest BCUT2D eigenvalue weighted by molar-refractivity contribution is 7.89. The van der Waals surface area contributed by atoms with Crippen LogP contribution in [0.15, 0.2) is 17.0 Å². The summed E-state index contributed by atoms with van der Waals surface area (Å²) < 4.78 is 26.5. The van der Waals surface area contributed by atoms with Gasteiger partial charge in [-0.25, -0.2) is 8.42 Å². The summed E-state index contributed by atoms with van der Waals surface area (Å²) in [6.45, 7) is 1.55. The van der Waals surface area contributed by atoms with Crippen molar-refractivity contribution < 1.29 is 23.2 Å². The third-order valence-corrected chi connectivity index (χ3v) is 6.13. The molecule has 2 rings (SSSR count). The highest BCUT2D eigenvalue weighted by Crippen LogP contribution is 2.36. The third kappa shape index (κ3) is 3.31. The molecule has 1 N–H and O–H groups in total. The van der Waals surface area contributed by atoms with Crippen LogP contribution in [0.1, 0.15) is 24.8 Å². The van der Waals surface area contributed by atoms with Gasteiger partial charge in [-0.1, -0.05) is 11.6 Å². The van der Waals surface area contributed by atoms with E-state index in [1.807, 2.05) is 0 Å². The molecule has 0 spiro atoms. The third-order valence-electron chi connectivity index (χ3n) is 3.69. The number of hydrogen-bond acceptors (Lipinski definition) is 5. The van der Waals surface area contributed by atoms with Crippen LogP contribution in [-0.2, 0) is 14.8 Å². The summed E-state index contributed by atoms with van der Waals surface area (Å²) in [5.41, 5.74) is -0.169. The lowest BCUT2D eigenvalue weighted by atomic mass is 10.1. The molecule has 1 aromatic carbocycles. The molecule has 1 aliphatic heterocycles. The van der Waals surface area contributed by atoms with E-state index in [9.17, 15) is 28.4 Å². The summed E-state index contributed by atoms with van der Waals surface area (Å²) in [6.07, 6.45) is 1.32. The van der Waals surface area contributed by atoms with Crippen LogP contribution in [-0.4, -0.2) is 41.3 Å². The summed E-state index contributed by atoms with van der Waals surface area (Å²) in [4.78, 5) is 21.1. The van der Waals surface area contributed by atoms with Gasteiger partial charge in [0.1, 0.15) is 16.0 Å². The quantitative estimate of drug-likeness (QED) is 0.647. The summed E-state index contributed by atoms with van der Waals surface area (Å²) >= 11 is 5.91. The van der Waals surface area contributed by atoms with E-state index in [2.05, 4.69) is 0 Å². The van der Waals surface area contributed by atoms with Gasteiger partial charge in [0.25, 0.3) is 5.69 Å². The molecule has 1 aromatic rings. The van der Waals surface area contributed by atoms with Gasteiger partial charge in [0.2, 0.25) is 10.0 Å². The van der Waals surface area contributed by atoms with E-state index in [0.717, 1.165) is 4.31 Å². The van der Waals surface area contributed by atoms with Crippen molar-refractivity contribution in [3.05, 3.63) is 32.8 Å². The number of benzene rings is 1. The van der Waals surface area contributed by atoms with Gasteiger partial charge in [-0.05, 0) is 37.8 Å². The van der Waals surface area contributed by atoms with Crippen LogP contribution < -0.4 is 0 Å². The molecule has 0 aliphatic carbocycles. The second-order valence-electron chi connectivity index (χ2n) is 5.32. The number of halogens is 1. The van der Waals surface area contributed by atoms with E-state index in [4.69, 9.17) is 11.6 Å². The molecular formula is C13H15ClN2O6S. The van der Waals surface area contributed by atoms with Crippen LogP contribution in [0, 0.1) is 17.0 Å². The minimum atomic E-state index is -4.25. The Morgan fingerprint density at radius 2 is 2.09 bits per heavy atom. The molecule has 1 aliphatic rings. The fourth-order valence-electron chi connectivity index (χ4n) is 2.60. The molecule has 23 heavy (non-hydrogen) atoms. The van der Waals surface area contributed by atoms with Gasteiger partial charge in [-0.15, -0.1) is 0 Å². The highest BCUT2D eigenvalue weighted by atomic mass is 35.5. The monoisotopic (exact) mass is 362 g/mol. The van der Waals surface area contributed by atoms with Crippen molar-refractivity contribution >= 4 is 33.3 Å². The molecule has 0 radical (unpaired) electrons. The maximum absolute atomic E-state index is 12.8. The number of aryl methyl sites for hydroxylation is 1. The first-order valence-corrected chi connectivity index (χ1v) is 8.67. The number of rotatable bonds is 4. The van der Waals surface area contributed by atoms with Crippen molar-refractivity contribution in [3.63, 3.8) is 0 Å². The summed E-state index contributed by atoms with van der Waals surface area (Å²) in [5.74, 6) is -1.24. The zero-order chi connectivity index (χ0) is 17.4. The second-order valence-corrected chi connectivity index (χ2v) is 7.56. The number of carboxylic acid groups (broad SMARTS) is 1. The van der Waals surface area contributed by atoms with Gasteiger partial charge < -0.3 is 5.11 Å². The first-order valence-electron chi connectivity index (χ1n) is 6.85. The Balaban J connectivity index is 2.59. The molecule has 0 saturated carbocycles. The molecule has 1 atom stereocenters. The summed E-state index contributed by atoms with van der Waals surface area (Å²) in [7, 11) is -4.25. The average molecular weight is 363 g/mol. The number of nitro benzene ring substituents is 1. The molecule has 1 heterocycles. The van der Waals surface area contributed by atoms with E-state index < -0.39 is 42.6 Å². The second kappa shape index (κ2) is 6.42. The number of piperidine rings is 1. The normalized spacial score (nSPS) is 19.5. The van der Waals surface area contributed by atoms with E-state index in [0.29, 0.717) is 18.4 Å². The first-order chi connectivity index (χ1) is 10.7. The number of carbonyl (C=O) groups is 1. The molecule has 10 heteroatoms. The van der Waals surface area contributed by atoms with Crippen molar-refractivity contribution in [1.82, 2.24) is 4.31 Å². The lowest BCUT2D eigenvalue weighted by Gasteiger charge is -2.32. The molecule has 0 aromatic heterocycles. The zero-order valence-corrected chi connectivity index (χ0v) is 13.8. The number of hydrogen-bond donors (Lipinski definition) is 1. The predicted octanol–water partition coefficient (Wildman–Crippen LogP) is 2.18. The summed E-state index contributed by atoms with van der Waals surface area (Å²) in [5, 5.41) is 19.8. The van der Waals surface area contributed by atoms with Crippen LogP contribution in [0.25, 0.3) is 0 Å². The molecule has 1 fully saturated rings. The Morgan fingerprint density at radius 3 is 2.65 bits per heavy atom. The predicted molar refractivity (Wildman–Crippen MR) is 82.0 cm³/mol. The molecule has 8 nitrogen and oxygen atoms in total. The lowest BCUT2D eigenvalue weighted by Crippen LogP contribution is -2.47. The number of nitrogens with zero attached hydrogens (tertiary/aromatic N) is 2. The largest absolute Gasteiger partial charge is 0.480 e. The van der Waals surface area contributed by atoms with Crippen LogP contribution in [0.3, 0.4) is 0 Å². The summed E-state index contributed by atoms with van der Waals surface area (Å²) in [6, 6.07) is 1.20. The molecule has 0 bridgehead atoms. The van der Waals surface area contributed by atoms with Crippen molar-refractivity contribution in [2.24, 2.45) is 0 Å². The van der Waals surface area contributed by atoms with Crippen LogP contribution in [0.5, 0.6) is 0 Å². The van der Waals surface area contributed by atoms with Crippen molar-refractivity contribution in [1.29, 1.82) is 0 Å². The fourth-order valence-corrected chi connectivity index (χ4v) is 4.89. The smallest absolute Gasteiger partial charge is 0.322 e. The molecule has 0 amide bonds. The zero-order valence-electron chi connectivity index (χ0n) is 12.2. The first kappa shape index (κ1) is 17.6. The maximum atomic E-state index is 12.8. The Bertz CT molecular complexity index is 764. The van der Waals surface area contributed by atoms with E-state index in [1.54, 1.807) is 0 Å². The standard InChI is InChI=1S/C13H15ClN2O6S/c1-8-6-10(16(19)20)12(14)11(7-8)23(21,22)15-5-3-2-4-9(15)13(17)18/h6-7,9H,2-5H2,1H3,(H,17,18). The fraction of sp³-hybridized carbons (Fsp3) is 0.462. The molecule has 126 valence electrons. The van der Waals surface area contributed by atoms with Gasteiger partial charge in [0.15, 0.2) is 0 Å².